The molecular weight excluding hydrogens is 330 g/mol. The Morgan fingerprint density at radius 3 is 2.64 bits per heavy atom. The van der Waals surface area contributed by atoms with Gasteiger partial charge in [-0.1, -0.05) is 11.6 Å². The van der Waals surface area contributed by atoms with Crippen LogP contribution >= 0.6 is 24.0 Å². The third-order valence-corrected chi connectivity index (χ3v) is 5.23. The zero-order valence-corrected chi connectivity index (χ0v) is 13.4. The summed E-state index contributed by atoms with van der Waals surface area (Å²) in [6.45, 7) is 0.703. The van der Waals surface area contributed by atoms with Crippen LogP contribution in [0.2, 0.25) is 5.02 Å². The summed E-state index contributed by atoms with van der Waals surface area (Å²) in [5.74, 6) is -0.0582. The van der Waals surface area contributed by atoms with E-state index < -0.39 is 11.9 Å². The lowest BCUT2D eigenvalue weighted by Gasteiger charge is -2.71. The molecule has 7 heteroatoms. The van der Waals surface area contributed by atoms with Gasteiger partial charge in [0.15, 0.2) is 6.10 Å². The van der Waals surface area contributed by atoms with E-state index in [0.29, 0.717) is 18.7 Å². The summed E-state index contributed by atoms with van der Waals surface area (Å²) in [5, 5.41) is -0.000651. The molecule has 0 aromatic heterocycles. The Labute approximate surface area is 139 Å². The van der Waals surface area contributed by atoms with Gasteiger partial charge in [0.05, 0.1) is 5.02 Å². The molecule has 5 rings (SSSR count). The maximum Gasteiger partial charge on any atom is 0.264 e. The number of amides is 1. The lowest BCUT2D eigenvalue weighted by atomic mass is 9.44. The second-order valence-corrected chi connectivity index (χ2v) is 6.99. The molecule has 1 heterocycles. The Balaban J connectivity index is 0.00000144. The van der Waals surface area contributed by atoms with Crippen molar-refractivity contribution in [3.8, 4) is 5.75 Å². The van der Waals surface area contributed by atoms with Crippen LogP contribution < -0.4 is 10.5 Å². The summed E-state index contributed by atoms with van der Waals surface area (Å²) in [5.41, 5.74) is 6.02. The number of likely N-dealkylation sites (tertiary alicyclic amines) is 1. The van der Waals surface area contributed by atoms with Crippen molar-refractivity contribution in [2.45, 2.75) is 42.9 Å². The molecule has 4 aliphatic rings. The molecule has 22 heavy (non-hydrogen) atoms. The first kappa shape index (κ1) is 15.8. The molecular formula is C15H17Cl2FN2O2. The molecule has 1 saturated heterocycles. The number of ether oxygens (including phenoxy) is 1. The van der Waals surface area contributed by atoms with Crippen LogP contribution in [-0.4, -0.2) is 34.5 Å². The first-order valence-corrected chi connectivity index (χ1v) is 7.51. The van der Waals surface area contributed by atoms with Crippen molar-refractivity contribution in [3.63, 3.8) is 0 Å². The van der Waals surface area contributed by atoms with Crippen LogP contribution in [0.15, 0.2) is 18.2 Å². The van der Waals surface area contributed by atoms with Crippen molar-refractivity contribution in [2.24, 2.45) is 5.73 Å². The van der Waals surface area contributed by atoms with Crippen LogP contribution in [0.1, 0.15) is 25.7 Å². The molecule has 2 N–H and O–H groups in total. The van der Waals surface area contributed by atoms with Gasteiger partial charge in [-0.15, -0.1) is 12.4 Å². The van der Waals surface area contributed by atoms with Gasteiger partial charge in [0.2, 0.25) is 0 Å². The zero-order chi connectivity index (χ0) is 14.8. The van der Waals surface area contributed by atoms with Gasteiger partial charge in [-0.05, 0) is 31.4 Å². The summed E-state index contributed by atoms with van der Waals surface area (Å²) < 4.78 is 18.8. The number of carbonyl (C=O) groups is 1. The van der Waals surface area contributed by atoms with Gasteiger partial charge in [-0.2, -0.15) is 0 Å². The average molecular weight is 347 g/mol. The van der Waals surface area contributed by atoms with Crippen LogP contribution in [0.3, 0.4) is 0 Å². The van der Waals surface area contributed by atoms with Crippen molar-refractivity contribution >= 4 is 29.9 Å². The van der Waals surface area contributed by atoms with Gasteiger partial charge < -0.3 is 15.4 Å². The van der Waals surface area contributed by atoms with E-state index in [-0.39, 0.29) is 34.4 Å². The minimum absolute atomic E-state index is 0. The second-order valence-electron chi connectivity index (χ2n) is 6.58. The van der Waals surface area contributed by atoms with Crippen LogP contribution in [0.25, 0.3) is 0 Å². The van der Waals surface area contributed by atoms with Gasteiger partial charge >= 0.3 is 0 Å². The molecule has 1 amide bonds. The monoisotopic (exact) mass is 346 g/mol. The SMILES string of the molecule is Cl.NC12CC(N3CCC(Oc4ccc(F)c(Cl)c4)C3=O)(C1)C2. The third kappa shape index (κ3) is 2.18. The van der Waals surface area contributed by atoms with Crippen molar-refractivity contribution in [3.05, 3.63) is 29.0 Å². The van der Waals surface area contributed by atoms with E-state index in [0.717, 1.165) is 19.3 Å². The number of hydrogen-bond acceptors (Lipinski definition) is 3. The Morgan fingerprint density at radius 1 is 1.36 bits per heavy atom. The largest absolute Gasteiger partial charge is 0.480 e. The molecule has 1 aliphatic heterocycles. The molecule has 3 saturated carbocycles. The first-order valence-electron chi connectivity index (χ1n) is 7.13. The molecule has 1 aromatic rings. The van der Waals surface area contributed by atoms with Crippen LogP contribution in [0, 0.1) is 5.82 Å². The van der Waals surface area contributed by atoms with Gasteiger partial charge in [0, 0.05) is 30.1 Å². The maximum absolute atomic E-state index is 13.1. The van der Waals surface area contributed by atoms with Gasteiger partial charge in [-0.25, -0.2) is 4.39 Å². The average Bonchev–Trinajstić information content (AvgIpc) is 2.71. The van der Waals surface area contributed by atoms with Gasteiger partial charge in [-0.3, -0.25) is 4.79 Å². The molecule has 120 valence electrons. The number of hydrogen-bond donors (Lipinski definition) is 1. The Morgan fingerprint density at radius 2 is 2.05 bits per heavy atom. The maximum atomic E-state index is 13.1. The van der Waals surface area contributed by atoms with Crippen LogP contribution in [0.4, 0.5) is 4.39 Å². The molecule has 1 aromatic carbocycles. The van der Waals surface area contributed by atoms with E-state index in [2.05, 4.69) is 0 Å². The standard InChI is InChI=1S/C15H16ClFN2O2.ClH/c16-10-5-9(1-2-11(10)17)21-12-3-4-19(13(12)20)15-6-14(18,7-15)8-15;/h1-2,5,12H,3-4,6-8,18H2;1H. The highest BCUT2D eigenvalue weighted by atomic mass is 35.5. The van der Waals surface area contributed by atoms with Crippen molar-refractivity contribution < 1.29 is 13.9 Å². The van der Waals surface area contributed by atoms with Gasteiger partial charge in [0.1, 0.15) is 11.6 Å². The molecule has 4 fully saturated rings. The van der Waals surface area contributed by atoms with E-state index in [9.17, 15) is 9.18 Å². The molecule has 4 nitrogen and oxygen atoms in total. The number of nitrogens with zero attached hydrogens (tertiary/aromatic N) is 1. The van der Waals surface area contributed by atoms with Crippen molar-refractivity contribution in [1.82, 2.24) is 4.90 Å². The van der Waals surface area contributed by atoms with Crippen molar-refractivity contribution in [2.75, 3.05) is 6.54 Å². The number of rotatable bonds is 3. The highest BCUT2D eigenvalue weighted by Gasteiger charge is 2.70. The predicted molar refractivity (Wildman–Crippen MR) is 82.9 cm³/mol. The topological polar surface area (TPSA) is 55.6 Å². The van der Waals surface area contributed by atoms with Crippen molar-refractivity contribution in [1.29, 1.82) is 0 Å². The van der Waals surface area contributed by atoms with E-state index >= 15 is 0 Å². The summed E-state index contributed by atoms with van der Waals surface area (Å²) in [4.78, 5) is 14.4. The first-order chi connectivity index (χ1) is 9.91. The quantitative estimate of drug-likeness (QED) is 0.914. The molecule has 1 atom stereocenters. The number of halogens is 3. The van der Waals surface area contributed by atoms with Crippen LogP contribution in [-0.2, 0) is 4.79 Å². The molecule has 0 radical (unpaired) electrons. The number of nitrogens with two attached hydrogens (primary N) is 1. The minimum atomic E-state index is -0.505. The molecule has 1 unspecified atom stereocenters. The summed E-state index contributed by atoms with van der Waals surface area (Å²) in [7, 11) is 0. The van der Waals surface area contributed by atoms with Gasteiger partial charge in [0.25, 0.3) is 5.91 Å². The van der Waals surface area contributed by atoms with E-state index in [1.54, 1.807) is 0 Å². The Kier molecular flexibility index (Phi) is 3.59. The second kappa shape index (κ2) is 4.98. The normalized spacial score (nSPS) is 35.5. The minimum Gasteiger partial charge on any atom is -0.480 e. The lowest BCUT2D eigenvalue weighted by Crippen LogP contribution is -2.82. The zero-order valence-electron chi connectivity index (χ0n) is 11.9. The Hall–Kier alpha value is -1.04. The van der Waals surface area contributed by atoms with E-state index in [1.807, 2.05) is 4.90 Å². The highest BCUT2D eigenvalue weighted by Crippen LogP contribution is 2.62. The molecule has 3 aliphatic carbocycles. The fourth-order valence-electron chi connectivity index (χ4n) is 4.05. The lowest BCUT2D eigenvalue weighted by molar-refractivity contribution is -0.176. The Bertz CT molecular complexity index is 620. The molecule has 2 bridgehead atoms. The fraction of sp³-hybridized carbons (Fsp3) is 0.533. The fourth-order valence-corrected chi connectivity index (χ4v) is 4.22. The highest BCUT2D eigenvalue weighted by molar-refractivity contribution is 6.30. The van der Waals surface area contributed by atoms with E-state index in [4.69, 9.17) is 22.1 Å². The summed E-state index contributed by atoms with van der Waals surface area (Å²) >= 11 is 5.73. The smallest absolute Gasteiger partial charge is 0.264 e. The third-order valence-electron chi connectivity index (χ3n) is 4.94. The summed E-state index contributed by atoms with van der Waals surface area (Å²) in [6, 6.07) is 4.14. The number of benzene rings is 1. The molecule has 0 spiro atoms. The number of carbonyl (C=O) groups excluding carboxylic acids is 1. The van der Waals surface area contributed by atoms with Crippen LogP contribution in [0.5, 0.6) is 5.75 Å². The van der Waals surface area contributed by atoms with E-state index in [1.165, 1.54) is 18.2 Å². The predicted octanol–water partition coefficient (Wildman–Crippen LogP) is 2.51. The summed E-state index contributed by atoms with van der Waals surface area (Å²) in [6.07, 6.45) is 2.85.